The first-order chi connectivity index (χ1) is 6.24. The summed E-state index contributed by atoms with van der Waals surface area (Å²) in [5, 5.41) is 4.96. The van der Waals surface area contributed by atoms with E-state index in [0.29, 0.717) is 0 Å². The van der Waals surface area contributed by atoms with Crippen LogP contribution in [0.4, 0.5) is 0 Å². The highest BCUT2D eigenvalue weighted by atomic mass is 16.5. The van der Waals surface area contributed by atoms with Crippen molar-refractivity contribution in [3.05, 3.63) is 23.4 Å². The summed E-state index contributed by atoms with van der Waals surface area (Å²) in [7, 11) is 1.65. The summed E-state index contributed by atoms with van der Waals surface area (Å²) >= 11 is 0. The van der Waals surface area contributed by atoms with Gasteiger partial charge in [-0.1, -0.05) is 5.16 Å². The van der Waals surface area contributed by atoms with Crippen LogP contribution in [0.2, 0.25) is 0 Å². The van der Waals surface area contributed by atoms with E-state index in [4.69, 9.17) is 9.26 Å². The molecule has 0 saturated heterocycles. The minimum atomic E-state index is 0.817. The van der Waals surface area contributed by atoms with Crippen LogP contribution < -0.4 is 4.74 Å². The summed E-state index contributed by atoms with van der Waals surface area (Å²) in [5.74, 6) is 0.837. The van der Waals surface area contributed by atoms with Gasteiger partial charge in [-0.25, -0.2) is 0 Å². The van der Waals surface area contributed by atoms with Crippen LogP contribution in [0.5, 0.6) is 5.75 Å². The molecule has 0 fully saturated rings. The molecule has 0 aliphatic heterocycles. The molecule has 3 nitrogen and oxygen atoms in total. The molecule has 0 atom stereocenters. The van der Waals surface area contributed by atoms with E-state index in [2.05, 4.69) is 5.16 Å². The highest BCUT2D eigenvalue weighted by molar-refractivity contribution is 5.84. The number of hydrogen-bond donors (Lipinski definition) is 0. The second-order valence-corrected chi connectivity index (χ2v) is 3.04. The Hall–Kier alpha value is -1.51. The van der Waals surface area contributed by atoms with E-state index in [1.54, 1.807) is 7.11 Å². The number of hydrogen-bond acceptors (Lipinski definition) is 3. The van der Waals surface area contributed by atoms with Crippen molar-refractivity contribution in [1.82, 2.24) is 5.16 Å². The van der Waals surface area contributed by atoms with Crippen LogP contribution in [0.25, 0.3) is 11.0 Å². The Morgan fingerprint density at radius 2 is 2.08 bits per heavy atom. The lowest BCUT2D eigenvalue weighted by molar-refractivity contribution is 0.407. The van der Waals surface area contributed by atoms with Gasteiger partial charge in [0, 0.05) is 10.9 Å². The van der Waals surface area contributed by atoms with Crippen molar-refractivity contribution in [2.75, 3.05) is 7.11 Å². The zero-order valence-corrected chi connectivity index (χ0v) is 7.92. The van der Waals surface area contributed by atoms with Gasteiger partial charge in [0.1, 0.15) is 5.75 Å². The fourth-order valence-electron chi connectivity index (χ4n) is 1.46. The monoisotopic (exact) mass is 177 g/mol. The predicted molar refractivity (Wildman–Crippen MR) is 50.0 cm³/mol. The van der Waals surface area contributed by atoms with Crippen LogP contribution in [0.1, 0.15) is 11.3 Å². The van der Waals surface area contributed by atoms with Gasteiger partial charge in [-0.05, 0) is 26.0 Å². The van der Waals surface area contributed by atoms with E-state index in [-0.39, 0.29) is 0 Å². The van der Waals surface area contributed by atoms with Crippen molar-refractivity contribution in [3.8, 4) is 5.75 Å². The second kappa shape index (κ2) is 2.76. The molecule has 2 rings (SSSR count). The minimum absolute atomic E-state index is 0.817. The molecule has 0 radical (unpaired) electrons. The smallest absolute Gasteiger partial charge is 0.173 e. The fourth-order valence-corrected chi connectivity index (χ4v) is 1.46. The quantitative estimate of drug-likeness (QED) is 0.671. The van der Waals surface area contributed by atoms with Crippen molar-refractivity contribution in [2.24, 2.45) is 0 Å². The van der Waals surface area contributed by atoms with Crippen LogP contribution in [0.3, 0.4) is 0 Å². The molecule has 1 aromatic heterocycles. The Kier molecular flexibility index (Phi) is 1.72. The highest BCUT2D eigenvalue weighted by Crippen LogP contribution is 2.28. The zero-order chi connectivity index (χ0) is 9.42. The molecule has 3 heteroatoms. The number of aryl methyl sites for hydroxylation is 2. The first-order valence-corrected chi connectivity index (χ1v) is 4.13. The normalized spacial score (nSPS) is 10.7. The molecule has 0 bridgehead atoms. The molecule has 2 aromatic rings. The Balaban J connectivity index is 2.80. The molecule has 0 aliphatic rings. The first kappa shape index (κ1) is 8.10. The predicted octanol–water partition coefficient (Wildman–Crippen LogP) is 2.45. The molecule has 0 N–H and O–H groups in total. The number of aromatic nitrogens is 1. The maximum atomic E-state index is 5.19. The summed E-state index contributed by atoms with van der Waals surface area (Å²) < 4.78 is 10.4. The SMILES string of the molecule is COc1ccc2c(C)noc2c1C. The first-order valence-electron chi connectivity index (χ1n) is 4.13. The summed E-state index contributed by atoms with van der Waals surface area (Å²) in [6, 6.07) is 3.90. The van der Waals surface area contributed by atoms with Crippen molar-refractivity contribution in [2.45, 2.75) is 13.8 Å². The molecule has 0 aliphatic carbocycles. The zero-order valence-electron chi connectivity index (χ0n) is 7.92. The van der Waals surface area contributed by atoms with Gasteiger partial charge in [-0.3, -0.25) is 0 Å². The summed E-state index contributed by atoms with van der Waals surface area (Å²) in [5.41, 5.74) is 2.73. The number of nitrogens with zero attached hydrogens (tertiary/aromatic N) is 1. The van der Waals surface area contributed by atoms with E-state index in [0.717, 1.165) is 28.0 Å². The van der Waals surface area contributed by atoms with Gasteiger partial charge < -0.3 is 9.26 Å². The van der Waals surface area contributed by atoms with Gasteiger partial charge in [0.05, 0.1) is 12.8 Å². The van der Waals surface area contributed by atoms with Gasteiger partial charge in [0.2, 0.25) is 0 Å². The number of methoxy groups -OCH3 is 1. The maximum Gasteiger partial charge on any atom is 0.173 e. The van der Waals surface area contributed by atoms with Gasteiger partial charge in [0.25, 0.3) is 0 Å². The molecule has 0 spiro atoms. The Morgan fingerprint density at radius 3 is 2.77 bits per heavy atom. The van der Waals surface area contributed by atoms with E-state index in [1.165, 1.54) is 0 Å². The number of benzene rings is 1. The highest BCUT2D eigenvalue weighted by Gasteiger charge is 2.09. The minimum Gasteiger partial charge on any atom is -0.496 e. The maximum absolute atomic E-state index is 5.19. The van der Waals surface area contributed by atoms with Crippen LogP contribution in [0.15, 0.2) is 16.7 Å². The number of ether oxygens (including phenoxy) is 1. The Labute approximate surface area is 76.3 Å². The summed E-state index contributed by atoms with van der Waals surface area (Å²) in [6.45, 7) is 3.89. The summed E-state index contributed by atoms with van der Waals surface area (Å²) in [4.78, 5) is 0. The van der Waals surface area contributed by atoms with Gasteiger partial charge in [0.15, 0.2) is 5.58 Å². The molecular weight excluding hydrogens is 166 g/mol. The van der Waals surface area contributed by atoms with Crippen molar-refractivity contribution < 1.29 is 9.26 Å². The van der Waals surface area contributed by atoms with Crippen molar-refractivity contribution in [1.29, 1.82) is 0 Å². The Morgan fingerprint density at radius 1 is 1.31 bits per heavy atom. The molecule has 0 saturated carbocycles. The average molecular weight is 177 g/mol. The molecular formula is C10H11NO2. The van der Waals surface area contributed by atoms with E-state index in [1.807, 2.05) is 26.0 Å². The lowest BCUT2D eigenvalue weighted by Crippen LogP contribution is -1.86. The van der Waals surface area contributed by atoms with Crippen molar-refractivity contribution >= 4 is 11.0 Å². The lowest BCUT2D eigenvalue weighted by atomic mass is 10.1. The molecule has 1 aromatic carbocycles. The average Bonchev–Trinajstić information content (AvgIpc) is 2.50. The van der Waals surface area contributed by atoms with Crippen LogP contribution in [0, 0.1) is 13.8 Å². The third-order valence-corrected chi connectivity index (χ3v) is 2.24. The van der Waals surface area contributed by atoms with Crippen LogP contribution in [-0.4, -0.2) is 12.3 Å². The van der Waals surface area contributed by atoms with E-state index < -0.39 is 0 Å². The second-order valence-electron chi connectivity index (χ2n) is 3.04. The Bertz CT molecular complexity index is 445. The van der Waals surface area contributed by atoms with E-state index in [9.17, 15) is 0 Å². The molecule has 13 heavy (non-hydrogen) atoms. The third kappa shape index (κ3) is 1.08. The van der Waals surface area contributed by atoms with Crippen molar-refractivity contribution in [3.63, 3.8) is 0 Å². The topological polar surface area (TPSA) is 35.3 Å². The van der Waals surface area contributed by atoms with Gasteiger partial charge in [-0.15, -0.1) is 0 Å². The lowest BCUT2D eigenvalue weighted by Gasteiger charge is -2.02. The molecule has 68 valence electrons. The van der Waals surface area contributed by atoms with E-state index >= 15 is 0 Å². The summed E-state index contributed by atoms with van der Waals surface area (Å²) in [6.07, 6.45) is 0. The molecule has 1 heterocycles. The molecule has 0 amide bonds. The fraction of sp³-hybridized carbons (Fsp3) is 0.300. The molecule has 0 unspecified atom stereocenters. The van der Waals surface area contributed by atoms with Gasteiger partial charge in [-0.2, -0.15) is 0 Å². The largest absolute Gasteiger partial charge is 0.496 e. The standard InChI is InChI=1S/C10H11NO2/c1-6-9(12-3)5-4-8-7(2)11-13-10(6)8/h4-5H,1-3H3. The third-order valence-electron chi connectivity index (χ3n) is 2.24. The van der Waals surface area contributed by atoms with Crippen LogP contribution >= 0.6 is 0 Å². The number of fused-ring (bicyclic) bond motifs is 1. The number of rotatable bonds is 1. The van der Waals surface area contributed by atoms with Gasteiger partial charge >= 0.3 is 0 Å². The van der Waals surface area contributed by atoms with Crippen LogP contribution in [-0.2, 0) is 0 Å².